The van der Waals surface area contributed by atoms with Gasteiger partial charge in [-0.25, -0.2) is 0 Å². The van der Waals surface area contributed by atoms with Crippen molar-refractivity contribution in [1.82, 2.24) is 4.98 Å². The zero-order valence-electron chi connectivity index (χ0n) is 14.2. The van der Waals surface area contributed by atoms with Crippen LogP contribution in [0.5, 0.6) is 0 Å². The molecule has 3 nitrogen and oxygen atoms in total. The Morgan fingerprint density at radius 3 is 2.43 bits per heavy atom. The number of aryl methyl sites for hydroxylation is 3. The lowest BCUT2D eigenvalue weighted by molar-refractivity contribution is -0.118. The van der Waals surface area contributed by atoms with Crippen LogP contribution in [0.15, 0.2) is 17.7 Å². The number of hydrogen-bond acceptors (Lipinski definition) is 2. The van der Waals surface area contributed by atoms with Crippen LogP contribution in [0.2, 0.25) is 0 Å². The smallest absolute Gasteiger partial charge is 0.228 e. The normalized spacial score (nSPS) is 22.6. The van der Waals surface area contributed by atoms with Crippen molar-refractivity contribution >= 4 is 11.6 Å². The second-order valence-electron chi connectivity index (χ2n) is 7.10. The van der Waals surface area contributed by atoms with Gasteiger partial charge in [-0.2, -0.15) is 0 Å². The minimum Gasteiger partial charge on any atom is -0.324 e. The van der Waals surface area contributed by atoms with Gasteiger partial charge >= 0.3 is 0 Å². The van der Waals surface area contributed by atoms with Gasteiger partial charge < -0.3 is 5.32 Å². The van der Waals surface area contributed by atoms with Gasteiger partial charge in [0.25, 0.3) is 0 Å². The van der Waals surface area contributed by atoms with Crippen LogP contribution in [0.4, 0.5) is 5.69 Å². The van der Waals surface area contributed by atoms with Crippen molar-refractivity contribution in [3.8, 4) is 0 Å². The summed E-state index contributed by atoms with van der Waals surface area (Å²) in [6, 6.07) is 2.01. The molecule has 21 heavy (non-hydrogen) atoms. The van der Waals surface area contributed by atoms with Crippen molar-refractivity contribution in [2.75, 3.05) is 5.32 Å². The molecule has 0 spiro atoms. The molecular formula is C18H26N2O. The zero-order chi connectivity index (χ0) is 15.9. The van der Waals surface area contributed by atoms with Gasteiger partial charge in [0.15, 0.2) is 0 Å². The third-order valence-electron chi connectivity index (χ3n) is 4.48. The van der Waals surface area contributed by atoms with E-state index in [0.29, 0.717) is 5.92 Å². The molecule has 1 aliphatic rings. The Morgan fingerprint density at radius 1 is 1.29 bits per heavy atom. The van der Waals surface area contributed by atoms with Crippen LogP contribution in [0.25, 0.3) is 0 Å². The topological polar surface area (TPSA) is 42.0 Å². The average Bonchev–Trinajstić information content (AvgIpc) is 2.84. The number of allylic oxidation sites excluding steroid dienone is 2. The number of anilines is 1. The van der Waals surface area contributed by atoms with Crippen LogP contribution >= 0.6 is 0 Å². The molecule has 0 radical (unpaired) electrons. The van der Waals surface area contributed by atoms with Crippen molar-refractivity contribution in [1.29, 1.82) is 0 Å². The number of carbonyl (C=O) groups excluding carboxylic acids is 1. The summed E-state index contributed by atoms with van der Waals surface area (Å²) in [7, 11) is 0. The molecule has 1 amide bonds. The summed E-state index contributed by atoms with van der Waals surface area (Å²) < 4.78 is 0. The third kappa shape index (κ3) is 3.02. The molecule has 2 unspecified atom stereocenters. The van der Waals surface area contributed by atoms with Crippen LogP contribution in [-0.4, -0.2) is 10.9 Å². The van der Waals surface area contributed by atoms with Crippen molar-refractivity contribution in [3.05, 3.63) is 34.7 Å². The molecule has 2 rings (SSSR count). The first-order chi connectivity index (χ1) is 9.64. The zero-order valence-corrected chi connectivity index (χ0v) is 14.2. The molecule has 1 heterocycles. The van der Waals surface area contributed by atoms with E-state index in [4.69, 9.17) is 0 Å². The van der Waals surface area contributed by atoms with E-state index >= 15 is 0 Å². The van der Waals surface area contributed by atoms with Gasteiger partial charge in [-0.05, 0) is 57.6 Å². The first-order valence-corrected chi connectivity index (χ1v) is 7.55. The average molecular weight is 286 g/mol. The summed E-state index contributed by atoms with van der Waals surface area (Å²) in [6.07, 6.45) is 2.22. The Morgan fingerprint density at radius 2 is 1.90 bits per heavy atom. The standard InChI is InChI=1S/C18H26N2O/c1-10(2)8-14-15(18(14,6)7)17(21)20-16-11(3)9-12(4)19-13(16)5/h8-9,14-15H,1-7H3,(H,20,21). The number of nitrogens with zero attached hydrogens (tertiary/aromatic N) is 1. The molecule has 1 fully saturated rings. The van der Waals surface area contributed by atoms with Gasteiger partial charge in [-0.15, -0.1) is 0 Å². The number of amides is 1. The molecule has 0 aliphatic heterocycles. The van der Waals surface area contributed by atoms with Crippen molar-refractivity contribution in [3.63, 3.8) is 0 Å². The van der Waals surface area contributed by atoms with E-state index in [-0.39, 0.29) is 17.2 Å². The van der Waals surface area contributed by atoms with Gasteiger partial charge in [0.05, 0.1) is 17.3 Å². The molecule has 1 aliphatic carbocycles. The Kier molecular flexibility index (Phi) is 3.96. The molecular weight excluding hydrogens is 260 g/mol. The number of nitrogens with one attached hydrogen (secondary N) is 1. The minimum atomic E-state index is 0.0429. The lowest BCUT2D eigenvalue weighted by Gasteiger charge is -2.12. The fourth-order valence-electron chi connectivity index (χ4n) is 3.26. The Bertz CT molecular complexity index is 587. The number of pyridine rings is 1. The monoisotopic (exact) mass is 286 g/mol. The first-order valence-electron chi connectivity index (χ1n) is 7.55. The second-order valence-corrected chi connectivity index (χ2v) is 7.10. The lowest BCUT2D eigenvalue weighted by atomic mass is 10.1. The maximum absolute atomic E-state index is 12.6. The van der Waals surface area contributed by atoms with Crippen LogP contribution in [-0.2, 0) is 4.79 Å². The molecule has 1 saturated carbocycles. The van der Waals surface area contributed by atoms with Crippen molar-refractivity contribution in [2.24, 2.45) is 17.3 Å². The third-order valence-corrected chi connectivity index (χ3v) is 4.48. The highest BCUT2D eigenvalue weighted by molar-refractivity contribution is 5.96. The molecule has 2 atom stereocenters. The van der Waals surface area contributed by atoms with E-state index in [1.165, 1.54) is 5.57 Å². The fraction of sp³-hybridized carbons (Fsp3) is 0.556. The number of rotatable bonds is 3. The summed E-state index contributed by atoms with van der Waals surface area (Å²) in [5, 5.41) is 3.10. The van der Waals surface area contributed by atoms with E-state index < -0.39 is 0 Å². The summed E-state index contributed by atoms with van der Waals surface area (Å²) >= 11 is 0. The quantitative estimate of drug-likeness (QED) is 0.847. The molecule has 0 saturated heterocycles. The number of hydrogen-bond donors (Lipinski definition) is 1. The SMILES string of the molecule is CC(C)=CC1C(C(=O)Nc2c(C)cc(C)nc2C)C1(C)C. The maximum atomic E-state index is 12.6. The minimum absolute atomic E-state index is 0.0429. The molecule has 1 N–H and O–H groups in total. The summed E-state index contributed by atoms with van der Waals surface area (Å²) in [4.78, 5) is 17.0. The predicted molar refractivity (Wildman–Crippen MR) is 87.3 cm³/mol. The van der Waals surface area contributed by atoms with Crippen LogP contribution in [0.3, 0.4) is 0 Å². The van der Waals surface area contributed by atoms with Crippen LogP contribution in [0.1, 0.15) is 44.6 Å². The summed E-state index contributed by atoms with van der Waals surface area (Å²) in [6.45, 7) is 14.4. The summed E-state index contributed by atoms with van der Waals surface area (Å²) in [5.74, 6) is 0.494. The van der Waals surface area contributed by atoms with Gasteiger partial charge in [-0.1, -0.05) is 25.5 Å². The maximum Gasteiger partial charge on any atom is 0.228 e. The van der Waals surface area contributed by atoms with Gasteiger partial charge in [-0.3, -0.25) is 9.78 Å². The highest BCUT2D eigenvalue weighted by Crippen LogP contribution is 2.59. The van der Waals surface area contributed by atoms with E-state index in [9.17, 15) is 4.79 Å². The Labute approximate surface area is 127 Å². The van der Waals surface area contributed by atoms with Gasteiger partial charge in [0.2, 0.25) is 5.91 Å². The molecule has 0 aromatic carbocycles. The fourth-order valence-corrected chi connectivity index (χ4v) is 3.26. The lowest BCUT2D eigenvalue weighted by Crippen LogP contribution is -2.18. The van der Waals surface area contributed by atoms with Crippen LogP contribution in [0, 0.1) is 38.0 Å². The van der Waals surface area contributed by atoms with Gasteiger partial charge in [0, 0.05) is 5.69 Å². The number of aromatic nitrogens is 1. The molecule has 1 aromatic heterocycles. The van der Waals surface area contributed by atoms with Crippen molar-refractivity contribution < 1.29 is 4.79 Å². The van der Waals surface area contributed by atoms with E-state index in [1.54, 1.807) is 0 Å². The Hall–Kier alpha value is -1.64. The van der Waals surface area contributed by atoms with Crippen molar-refractivity contribution in [2.45, 2.75) is 48.5 Å². The molecule has 3 heteroatoms. The second kappa shape index (κ2) is 5.28. The molecule has 114 valence electrons. The highest BCUT2D eigenvalue weighted by Gasteiger charge is 2.60. The van der Waals surface area contributed by atoms with Crippen LogP contribution < -0.4 is 5.32 Å². The summed E-state index contributed by atoms with van der Waals surface area (Å²) in [5.41, 5.74) is 5.12. The van der Waals surface area contributed by atoms with E-state index in [2.05, 4.69) is 44.1 Å². The van der Waals surface area contributed by atoms with Gasteiger partial charge in [0.1, 0.15) is 0 Å². The predicted octanol–water partition coefficient (Wildman–Crippen LogP) is 4.18. The van der Waals surface area contributed by atoms with E-state index in [0.717, 1.165) is 22.6 Å². The van der Waals surface area contributed by atoms with E-state index in [1.807, 2.05) is 26.8 Å². The number of carbonyl (C=O) groups is 1. The first kappa shape index (κ1) is 15.7. The molecule has 0 bridgehead atoms. The Balaban J connectivity index is 2.19. The molecule has 1 aromatic rings. The largest absolute Gasteiger partial charge is 0.324 e. The highest BCUT2D eigenvalue weighted by atomic mass is 16.2.